The molecule has 248 valence electrons. The highest BCUT2D eigenvalue weighted by atomic mass is 16.5. The number of carbonyl (C=O) groups is 1. The highest BCUT2D eigenvalue weighted by Gasteiger charge is 2.41. The molecule has 6 N–H and O–H groups in total. The number of aliphatic imine (C=N–C) groups is 1. The molecule has 1 saturated carbocycles. The largest absolute Gasteiger partial charge is 0.504 e. The monoisotopic (exact) mass is 624 g/mol. The Balaban J connectivity index is 1.82. The van der Waals surface area contributed by atoms with Crippen LogP contribution in [0.15, 0.2) is 47.5 Å². The van der Waals surface area contributed by atoms with Gasteiger partial charge in [-0.05, 0) is 105 Å². The molecule has 0 radical (unpaired) electrons. The number of anilines is 1. The quantitative estimate of drug-likeness (QED) is 0.0692. The number of benzene rings is 2. The van der Waals surface area contributed by atoms with Crippen LogP contribution in [0, 0.1) is 17.8 Å². The SMILES string of the molecule is CN=C(N)Nc1cc(CC(C=CC(=O)CCc2ccc(O)c(OC)c2)C(C)C)cc(OC2(CNC)CCC(CCOC)C2)c1O. The van der Waals surface area contributed by atoms with Crippen LogP contribution in [0.4, 0.5) is 5.69 Å². The van der Waals surface area contributed by atoms with Gasteiger partial charge < -0.3 is 40.8 Å². The zero-order valence-corrected chi connectivity index (χ0v) is 27.7. The van der Waals surface area contributed by atoms with Crippen LogP contribution in [-0.2, 0) is 22.4 Å². The van der Waals surface area contributed by atoms with Crippen LogP contribution in [0.1, 0.15) is 57.1 Å². The Morgan fingerprint density at radius 3 is 2.60 bits per heavy atom. The third-order valence-electron chi connectivity index (χ3n) is 8.62. The highest BCUT2D eigenvalue weighted by Crippen LogP contribution is 2.44. The molecule has 0 heterocycles. The second-order valence-electron chi connectivity index (χ2n) is 12.4. The maximum atomic E-state index is 12.8. The Kier molecular flexibility index (Phi) is 13.6. The lowest BCUT2D eigenvalue weighted by Crippen LogP contribution is -2.42. The van der Waals surface area contributed by atoms with E-state index in [0.717, 1.165) is 36.8 Å². The number of nitrogens with two attached hydrogens (primary N) is 1. The molecule has 0 spiro atoms. The predicted octanol–water partition coefficient (Wildman–Crippen LogP) is 5.21. The number of carbonyl (C=O) groups excluding carboxylic acids is 1. The van der Waals surface area contributed by atoms with Crippen molar-refractivity contribution in [1.29, 1.82) is 0 Å². The van der Waals surface area contributed by atoms with E-state index >= 15 is 0 Å². The lowest BCUT2D eigenvalue weighted by molar-refractivity contribution is -0.114. The molecule has 1 fully saturated rings. The van der Waals surface area contributed by atoms with Gasteiger partial charge in [-0.15, -0.1) is 0 Å². The van der Waals surface area contributed by atoms with Gasteiger partial charge in [-0.25, -0.2) is 0 Å². The average Bonchev–Trinajstić information content (AvgIpc) is 3.41. The summed E-state index contributed by atoms with van der Waals surface area (Å²) in [6.07, 6.45) is 8.88. The Hall–Kier alpha value is -3.76. The fourth-order valence-electron chi connectivity index (χ4n) is 5.98. The number of aryl methyl sites for hydroxylation is 1. The second kappa shape index (κ2) is 17.1. The predicted molar refractivity (Wildman–Crippen MR) is 180 cm³/mol. The molecule has 2 aromatic rings. The van der Waals surface area contributed by atoms with Gasteiger partial charge in [-0.2, -0.15) is 0 Å². The summed E-state index contributed by atoms with van der Waals surface area (Å²) in [4.78, 5) is 16.8. The van der Waals surface area contributed by atoms with Gasteiger partial charge in [0.25, 0.3) is 0 Å². The van der Waals surface area contributed by atoms with E-state index in [1.54, 1.807) is 38.4 Å². The molecule has 1 aliphatic carbocycles. The van der Waals surface area contributed by atoms with Crippen molar-refractivity contribution in [2.24, 2.45) is 28.5 Å². The number of methoxy groups -OCH3 is 2. The van der Waals surface area contributed by atoms with Gasteiger partial charge in [0.15, 0.2) is 34.7 Å². The number of phenolic OH excluding ortho intramolecular Hbond substituents is 2. The van der Waals surface area contributed by atoms with Crippen molar-refractivity contribution in [3.8, 4) is 23.0 Å². The van der Waals surface area contributed by atoms with Crippen LogP contribution < -0.4 is 25.8 Å². The lowest BCUT2D eigenvalue weighted by Gasteiger charge is -2.32. The van der Waals surface area contributed by atoms with E-state index in [4.69, 9.17) is 19.9 Å². The van der Waals surface area contributed by atoms with E-state index in [1.165, 1.54) is 7.11 Å². The third-order valence-corrected chi connectivity index (χ3v) is 8.62. The van der Waals surface area contributed by atoms with E-state index < -0.39 is 5.60 Å². The second-order valence-corrected chi connectivity index (χ2v) is 12.4. The van der Waals surface area contributed by atoms with E-state index in [1.807, 2.05) is 25.3 Å². The summed E-state index contributed by atoms with van der Waals surface area (Å²) in [6, 6.07) is 8.90. The Morgan fingerprint density at radius 2 is 1.93 bits per heavy atom. The van der Waals surface area contributed by atoms with Gasteiger partial charge in [0.2, 0.25) is 0 Å². The summed E-state index contributed by atoms with van der Waals surface area (Å²) in [7, 11) is 6.72. The van der Waals surface area contributed by atoms with Crippen LogP contribution in [0.5, 0.6) is 23.0 Å². The number of hydrogen-bond donors (Lipinski definition) is 5. The summed E-state index contributed by atoms with van der Waals surface area (Å²) in [5.41, 5.74) is 7.82. The number of nitrogens with one attached hydrogen (secondary N) is 2. The molecule has 45 heavy (non-hydrogen) atoms. The van der Waals surface area contributed by atoms with Crippen molar-refractivity contribution in [1.82, 2.24) is 5.32 Å². The van der Waals surface area contributed by atoms with Crippen molar-refractivity contribution >= 4 is 17.4 Å². The van der Waals surface area contributed by atoms with Gasteiger partial charge >= 0.3 is 0 Å². The van der Waals surface area contributed by atoms with E-state index in [2.05, 4.69) is 29.5 Å². The maximum Gasteiger partial charge on any atom is 0.192 e. The van der Waals surface area contributed by atoms with E-state index in [9.17, 15) is 15.0 Å². The number of ether oxygens (including phenoxy) is 3. The summed E-state index contributed by atoms with van der Waals surface area (Å²) < 4.78 is 17.2. The maximum absolute atomic E-state index is 12.8. The molecular formula is C35H52N4O6. The van der Waals surface area contributed by atoms with Crippen molar-refractivity contribution in [2.75, 3.05) is 46.8 Å². The minimum atomic E-state index is -0.462. The van der Waals surface area contributed by atoms with Crippen molar-refractivity contribution in [2.45, 2.75) is 64.4 Å². The number of nitrogens with zero attached hydrogens (tertiary/aromatic N) is 1. The van der Waals surface area contributed by atoms with Crippen LogP contribution >= 0.6 is 0 Å². The van der Waals surface area contributed by atoms with Gasteiger partial charge in [-0.1, -0.05) is 26.0 Å². The molecular weight excluding hydrogens is 572 g/mol. The average molecular weight is 625 g/mol. The van der Waals surface area contributed by atoms with Gasteiger partial charge in [-0.3, -0.25) is 9.79 Å². The Labute approximate surface area is 268 Å². The van der Waals surface area contributed by atoms with Crippen LogP contribution in [0.2, 0.25) is 0 Å². The number of hydrogen-bond acceptors (Lipinski definition) is 8. The molecule has 3 rings (SSSR count). The summed E-state index contributed by atoms with van der Waals surface area (Å²) in [6.45, 7) is 5.61. The van der Waals surface area contributed by atoms with Crippen molar-refractivity contribution in [3.63, 3.8) is 0 Å². The first-order chi connectivity index (χ1) is 21.5. The molecule has 0 bridgehead atoms. The number of likely N-dealkylation sites (N-methyl/N-ethyl adjacent to an activating group) is 1. The molecule has 0 saturated heterocycles. The molecule has 1 aliphatic rings. The first-order valence-electron chi connectivity index (χ1n) is 15.8. The number of guanidine groups is 1. The summed E-state index contributed by atoms with van der Waals surface area (Å²) in [5, 5.41) is 27.4. The molecule has 3 unspecified atom stereocenters. The molecule has 10 heteroatoms. The fourth-order valence-corrected chi connectivity index (χ4v) is 5.98. The third kappa shape index (κ3) is 10.4. The van der Waals surface area contributed by atoms with Crippen LogP contribution in [0.25, 0.3) is 0 Å². The number of aromatic hydroxyl groups is 2. The number of phenols is 2. The zero-order valence-electron chi connectivity index (χ0n) is 27.7. The smallest absolute Gasteiger partial charge is 0.192 e. The van der Waals surface area contributed by atoms with E-state index in [-0.39, 0.29) is 35.1 Å². The molecule has 3 atom stereocenters. The minimum absolute atomic E-state index is 0.0150. The minimum Gasteiger partial charge on any atom is -0.504 e. The molecule has 10 nitrogen and oxygen atoms in total. The summed E-state index contributed by atoms with van der Waals surface area (Å²) in [5.74, 6) is 1.83. The fraction of sp³-hybridized carbons (Fsp3) is 0.543. The summed E-state index contributed by atoms with van der Waals surface area (Å²) >= 11 is 0. The van der Waals surface area contributed by atoms with Crippen molar-refractivity contribution in [3.05, 3.63) is 53.6 Å². The first kappa shape index (κ1) is 35.7. The molecule has 0 aliphatic heterocycles. The number of allylic oxidation sites excluding steroid dienone is 2. The normalized spacial score (nSPS) is 19.3. The standard InChI is InChI=1S/C35H52N4O6/c1-23(2)27(9-11-28(40)10-7-24-8-12-30(41)31(19-24)44-6)17-26-18-29(39-34(36)38-4)33(42)32(20-26)45-35(22-37-3)15-13-25(21-35)14-16-43-5/h8-9,11-12,18-20,23,25,27,37,41-42H,7,10,13-17,21-22H2,1-6H3,(H3,36,38,39). The van der Waals surface area contributed by atoms with Gasteiger partial charge in [0.1, 0.15) is 5.60 Å². The Morgan fingerprint density at radius 1 is 1.18 bits per heavy atom. The van der Waals surface area contributed by atoms with Crippen molar-refractivity contribution < 1.29 is 29.2 Å². The molecule has 0 aromatic heterocycles. The molecule has 2 aromatic carbocycles. The topological polar surface area (TPSA) is 148 Å². The van der Waals surface area contributed by atoms with E-state index in [0.29, 0.717) is 55.5 Å². The zero-order chi connectivity index (χ0) is 33.0. The highest BCUT2D eigenvalue weighted by molar-refractivity contribution is 5.94. The Bertz CT molecular complexity index is 1330. The number of rotatable bonds is 17. The van der Waals surface area contributed by atoms with Crippen LogP contribution in [0.3, 0.4) is 0 Å². The van der Waals surface area contributed by atoms with Gasteiger partial charge in [0, 0.05) is 33.7 Å². The van der Waals surface area contributed by atoms with Crippen LogP contribution in [-0.4, -0.2) is 69.0 Å². The first-order valence-corrected chi connectivity index (χ1v) is 15.8. The lowest BCUT2D eigenvalue weighted by atomic mass is 9.88. The molecule has 0 amide bonds. The van der Waals surface area contributed by atoms with Gasteiger partial charge in [0.05, 0.1) is 12.8 Å². The number of ketones is 1.